The molecule has 0 rings (SSSR count). The molecule has 0 bridgehead atoms. The van der Waals surface area contributed by atoms with Crippen LogP contribution in [0, 0.1) is 11.8 Å². The first kappa shape index (κ1) is 12.1. The first-order valence-corrected chi connectivity index (χ1v) is 9.17. The van der Waals surface area contributed by atoms with E-state index in [0.717, 1.165) is 12.5 Å². The van der Waals surface area contributed by atoms with E-state index in [0.29, 0.717) is 11.8 Å². The molecule has 0 radical (unpaired) electrons. The number of halogens is 3. The van der Waals surface area contributed by atoms with Gasteiger partial charge in [0.05, 0.1) is 0 Å². The molecule has 0 amide bonds. The summed E-state index contributed by atoms with van der Waals surface area (Å²) >= 11 is 17.4. The van der Waals surface area contributed by atoms with Crippen molar-refractivity contribution < 1.29 is 0 Å². The van der Waals surface area contributed by atoms with Crippen molar-refractivity contribution in [3.63, 3.8) is 0 Å². The van der Waals surface area contributed by atoms with Crippen molar-refractivity contribution in [2.45, 2.75) is 33.2 Å². The Morgan fingerprint density at radius 2 is 1.55 bits per heavy atom. The second-order valence-corrected chi connectivity index (χ2v) is 12.4. The van der Waals surface area contributed by atoms with Crippen LogP contribution >= 0.6 is 33.2 Å². The second kappa shape index (κ2) is 4.96. The molecular weight excluding hydrogens is 219 g/mol. The van der Waals surface area contributed by atoms with Crippen LogP contribution in [0.2, 0.25) is 6.04 Å². The molecular formula is C7H15Cl3Si. The first-order chi connectivity index (χ1) is 4.87. The summed E-state index contributed by atoms with van der Waals surface area (Å²) in [7, 11) is 0. The summed E-state index contributed by atoms with van der Waals surface area (Å²) in [6.45, 7) is 6.53. The standard InChI is InChI=1S/C7H15Cl3Si/c1-4-6(2)7(3)5-11(8,9)10/h6-7H,4-5H2,1-3H3. The molecule has 0 nitrogen and oxygen atoms in total. The zero-order valence-corrected chi connectivity index (χ0v) is 10.5. The Balaban J connectivity index is 3.77. The predicted molar refractivity (Wildman–Crippen MR) is 56.7 cm³/mol. The minimum atomic E-state index is -2.38. The van der Waals surface area contributed by atoms with Crippen LogP contribution in [0.25, 0.3) is 0 Å². The molecule has 0 saturated heterocycles. The zero-order chi connectivity index (χ0) is 9.07. The Morgan fingerprint density at radius 1 is 1.09 bits per heavy atom. The van der Waals surface area contributed by atoms with Gasteiger partial charge in [-0.2, -0.15) is 0 Å². The maximum Gasteiger partial charge on any atom is 0.341 e. The highest BCUT2D eigenvalue weighted by atomic mass is 35.8. The van der Waals surface area contributed by atoms with Gasteiger partial charge in [-0.05, 0) is 17.9 Å². The van der Waals surface area contributed by atoms with Gasteiger partial charge in [0.15, 0.2) is 0 Å². The van der Waals surface area contributed by atoms with Crippen LogP contribution in [-0.2, 0) is 0 Å². The minimum absolute atomic E-state index is 0.541. The Bertz CT molecular complexity index is 111. The first-order valence-electron chi connectivity index (χ1n) is 3.93. The van der Waals surface area contributed by atoms with Gasteiger partial charge in [-0.25, -0.2) is 0 Å². The number of hydrogen-bond acceptors (Lipinski definition) is 0. The fraction of sp³-hybridized carbons (Fsp3) is 1.00. The molecule has 0 spiro atoms. The van der Waals surface area contributed by atoms with E-state index in [9.17, 15) is 0 Å². The fourth-order valence-corrected chi connectivity index (χ4v) is 4.29. The van der Waals surface area contributed by atoms with E-state index in [1.54, 1.807) is 0 Å². The summed E-state index contributed by atoms with van der Waals surface area (Å²) in [5.41, 5.74) is 0. The van der Waals surface area contributed by atoms with Crippen molar-refractivity contribution in [1.29, 1.82) is 0 Å². The second-order valence-electron chi connectivity index (χ2n) is 3.18. The van der Waals surface area contributed by atoms with Crippen molar-refractivity contribution in [1.82, 2.24) is 0 Å². The smallest absolute Gasteiger partial charge is 0.126 e. The molecule has 2 atom stereocenters. The predicted octanol–water partition coefficient (Wildman–Crippen LogP) is 4.32. The topological polar surface area (TPSA) is 0 Å². The molecule has 0 aromatic rings. The van der Waals surface area contributed by atoms with Gasteiger partial charge in [-0.15, -0.1) is 33.2 Å². The average Bonchev–Trinajstić information content (AvgIpc) is 1.82. The molecule has 2 unspecified atom stereocenters. The van der Waals surface area contributed by atoms with E-state index in [-0.39, 0.29) is 0 Å². The van der Waals surface area contributed by atoms with Crippen molar-refractivity contribution in [2.24, 2.45) is 11.8 Å². The van der Waals surface area contributed by atoms with Gasteiger partial charge in [-0.3, -0.25) is 0 Å². The van der Waals surface area contributed by atoms with Crippen molar-refractivity contribution in [2.75, 3.05) is 0 Å². The third-order valence-corrected chi connectivity index (χ3v) is 4.66. The van der Waals surface area contributed by atoms with Gasteiger partial charge in [0, 0.05) is 0 Å². The molecule has 0 aromatic heterocycles. The Kier molecular flexibility index (Phi) is 5.45. The van der Waals surface area contributed by atoms with Crippen LogP contribution in [-0.4, -0.2) is 6.00 Å². The van der Waals surface area contributed by atoms with E-state index in [2.05, 4.69) is 20.8 Å². The Labute approximate surface area is 84.3 Å². The molecule has 0 aromatic carbocycles. The highest BCUT2D eigenvalue weighted by molar-refractivity contribution is 7.64. The normalized spacial score (nSPS) is 18.0. The van der Waals surface area contributed by atoms with Crippen LogP contribution in [0.3, 0.4) is 0 Å². The van der Waals surface area contributed by atoms with E-state index in [1.165, 1.54) is 0 Å². The van der Waals surface area contributed by atoms with Gasteiger partial charge in [0.2, 0.25) is 0 Å². The maximum absolute atomic E-state index is 5.80. The maximum atomic E-state index is 5.80. The van der Waals surface area contributed by atoms with E-state index < -0.39 is 6.00 Å². The average molecular weight is 234 g/mol. The third kappa shape index (κ3) is 6.27. The van der Waals surface area contributed by atoms with E-state index >= 15 is 0 Å². The Hall–Kier alpha value is 1.09. The summed E-state index contributed by atoms with van der Waals surface area (Å²) < 4.78 is 0. The van der Waals surface area contributed by atoms with Crippen LogP contribution < -0.4 is 0 Å². The van der Waals surface area contributed by atoms with Crippen molar-refractivity contribution in [3.05, 3.63) is 0 Å². The lowest BCUT2D eigenvalue weighted by Crippen LogP contribution is -2.18. The van der Waals surface area contributed by atoms with Gasteiger partial charge < -0.3 is 0 Å². The number of hydrogen-bond donors (Lipinski definition) is 0. The molecule has 4 heteroatoms. The van der Waals surface area contributed by atoms with Gasteiger partial charge >= 0.3 is 6.00 Å². The SMILES string of the molecule is CCC(C)C(C)C[Si](Cl)(Cl)Cl. The number of rotatable bonds is 4. The minimum Gasteiger partial charge on any atom is -0.126 e. The summed E-state index contributed by atoms with van der Waals surface area (Å²) in [4.78, 5) is 0. The molecule has 0 N–H and O–H groups in total. The summed E-state index contributed by atoms with van der Waals surface area (Å²) in [6, 6.07) is -1.60. The molecule has 0 heterocycles. The summed E-state index contributed by atoms with van der Waals surface area (Å²) in [6.07, 6.45) is 1.16. The lowest BCUT2D eigenvalue weighted by molar-refractivity contribution is 0.406. The summed E-state index contributed by atoms with van der Waals surface area (Å²) in [5, 5.41) is 0. The molecule has 68 valence electrons. The molecule has 11 heavy (non-hydrogen) atoms. The van der Waals surface area contributed by atoms with Crippen LogP contribution in [0.1, 0.15) is 27.2 Å². The lowest BCUT2D eigenvalue weighted by Gasteiger charge is -2.20. The molecule has 0 aliphatic rings. The highest BCUT2D eigenvalue weighted by Gasteiger charge is 2.29. The van der Waals surface area contributed by atoms with E-state index in [1.807, 2.05) is 0 Å². The van der Waals surface area contributed by atoms with Gasteiger partial charge in [0.25, 0.3) is 0 Å². The van der Waals surface area contributed by atoms with Crippen LogP contribution in [0.15, 0.2) is 0 Å². The Morgan fingerprint density at radius 3 is 1.82 bits per heavy atom. The highest BCUT2D eigenvalue weighted by Crippen LogP contribution is 2.32. The zero-order valence-electron chi connectivity index (χ0n) is 7.20. The molecule has 0 aliphatic heterocycles. The van der Waals surface area contributed by atoms with Crippen molar-refractivity contribution in [3.8, 4) is 0 Å². The molecule has 0 aliphatic carbocycles. The molecule has 0 saturated carbocycles. The largest absolute Gasteiger partial charge is 0.341 e. The third-order valence-electron chi connectivity index (χ3n) is 2.17. The quantitative estimate of drug-likeness (QED) is 0.501. The van der Waals surface area contributed by atoms with E-state index in [4.69, 9.17) is 33.2 Å². The van der Waals surface area contributed by atoms with Crippen molar-refractivity contribution >= 4 is 39.2 Å². The van der Waals surface area contributed by atoms with Gasteiger partial charge in [-0.1, -0.05) is 27.2 Å². The lowest BCUT2D eigenvalue weighted by atomic mass is 9.96. The monoisotopic (exact) mass is 232 g/mol. The van der Waals surface area contributed by atoms with Crippen LogP contribution in [0.5, 0.6) is 0 Å². The fourth-order valence-electron chi connectivity index (χ4n) is 0.969. The van der Waals surface area contributed by atoms with Crippen LogP contribution in [0.4, 0.5) is 0 Å². The molecule has 0 fully saturated rings. The van der Waals surface area contributed by atoms with Gasteiger partial charge in [0.1, 0.15) is 0 Å². The summed E-state index contributed by atoms with van der Waals surface area (Å²) in [5.74, 6) is 1.21.